The van der Waals surface area contributed by atoms with E-state index in [0.717, 1.165) is 18.2 Å². The molecule has 1 fully saturated rings. The summed E-state index contributed by atoms with van der Waals surface area (Å²) in [6.07, 6.45) is 0. The number of anilines is 1. The Morgan fingerprint density at radius 2 is 1.77 bits per heavy atom. The molecule has 2 aromatic carbocycles. The van der Waals surface area contributed by atoms with Crippen molar-refractivity contribution >= 4 is 32.2 Å². The van der Waals surface area contributed by atoms with Crippen LogP contribution in [0.5, 0.6) is 0 Å². The molecule has 2 heterocycles. The average Bonchev–Trinajstić information content (AvgIpc) is 3.26. The first-order chi connectivity index (χ1) is 14.8. The normalized spacial score (nSPS) is 15.2. The molecule has 0 unspecified atom stereocenters. The second-order valence-corrected chi connectivity index (χ2v) is 9.56. The van der Waals surface area contributed by atoms with Gasteiger partial charge in [-0.05, 0) is 24.3 Å². The van der Waals surface area contributed by atoms with Crippen LogP contribution in [0, 0.1) is 21.7 Å². The summed E-state index contributed by atoms with van der Waals surface area (Å²) in [4.78, 5) is 16.6. The Morgan fingerprint density at radius 3 is 2.45 bits per heavy atom. The van der Waals surface area contributed by atoms with Crippen LogP contribution in [0.15, 0.2) is 52.7 Å². The van der Waals surface area contributed by atoms with Gasteiger partial charge in [-0.3, -0.25) is 10.1 Å². The van der Waals surface area contributed by atoms with E-state index in [1.54, 1.807) is 5.38 Å². The fourth-order valence-corrected chi connectivity index (χ4v) is 5.57. The van der Waals surface area contributed by atoms with Gasteiger partial charge in [-0.25, -0.2) is 22.2 Å². The highest BCUT2D eigenvalue weighted by atomic mass is 32.2. The Labute approximate surface area is 180 Å². The maximum absolute atomic E-state index is 13.5. The van der Waals surface area contributed by atoms with Crippen molar-refractivity contribution in [3.63, 3.8) is 0 Å². The number of aromatic nitrogens is 1. The minimum absolute atomic E-state index is 0.120. The lowest BCUT2D eigenvalue weighted by molar-refractivity contribution is -0.385. The van der Waals surface area contributed by atoms with E-state index in [4.69, 9.17) is 0 Å². The number of hydrogen-bond donors (Lipinski definition) is 0. The highest BCUT2D eigenvalue weighted by molar-refractivity contribution is 7.89. The van der Waals surface area contributed by atoms with Gasteiger partial charge in [-0.15, -0.1) is 11.3 Å². The molecule has 0 bridgehead atoms. The zero-order valence-corrected chi connectivity index (χ0v) is 17.6. The Balaban J connectivity index is 1.46. The van der Waals surface area contributed by atoms with E-state index in [0.29, 0.717) is 29.5 Å². The molecule has 0 spiro atoms. The molecule has 0 saturated carbocycles. The summed E-state index contributed by atoms with van der Waals surface area (Å²) in [6, 6.07) is 8.54. The van der Waals surface area contributed by atoms with E-state index < -0.39 is 26.6 Å². The van der Waals surface area contributed by atoms with E-state index in [9.17, 15) is 27.3 Å². The van der Waals surface area contributed by atoms with Gasteiger partial charge in [-0.1, -0.05) is 6.07 Å². The van der Waals surface area contributed by atoms with Gasteiger partial charge in [0.05, 0.1) is 15.5 Å². The number of sulfonamides is 1. The third-order valence-electron chi connectivity index (χ3n) is 4.88. The number of halogens is 2. The topological polar surface area (TPSA) is 96.6 Å². The molecule has 0 radical (unpaired) electrons. The highest BCUT2D eigenvalue weighted by Crippen LogP contribution is 2.30. The highest BCUT2D eigenvalue weighted by Gasteiger charge is 2.30. The van der Waals surface area contributed by atoms with E-state index in [1.807, 2.05) is 4.90 Å². The molecule has 0 aliphatic carbocycles. The molecule has 1 aromatic heterocycles. The summed E-state index contributed by atoms with van der Waals surface area (Å²) in [5, 5.41) is 13.3. The summed E-state index contributed by atoms with van der Waals surface area (Å²) in [6.45, 7) is 1.12. The Morgan fingerprint density at radius 1 is 1.03 bits per heavy atom. The summed E-state index contributed by atoms with van der Waals surface area (Å²) >= 11 is 1.33. The van der Waals surface area contributed by atoms with Crippen molar-refractivity contribution in [1.29, 1.82) is 0 Å². The largest absolute Gasteiger partial charge is 0.345 e. The van der Waals surface area contributed by atoms with Gasteiger partial charge >= 0.3 is 0 Å². The minimum atomic E-state index is -3.86. The molecular weight excluding hydrogens is 450 g/mol. The van der Waals surface area contributed by atoms with Gasteiger partial charge in [0, 0.05) is 49.3 Å². The van der Waals surface area contributed by atoms with Crippen LogP contribution in [-0.4, -0.2) is 48.8 Å². The first-order valence-electron chi connectivity index (χ1n) is 9.16. The molecule has 0 N–H and O–H groups in total. The lowest BCUT2D eigenvalue weighted by Crippen LogP contribution is -2.48. The smallest absolute Gasteiger partial charge is 0.270 e. The standard InChI is InChI=1S/C19H16F2N4O4S2/c20-16-5-4-13(10-17(16)21)18-12-30-19(22-18)23-6-8-24(9-7-23)31(28,29)15-3-1-2-14(11-15)25(26)27/h1-5,10-12H,6-9H2. The Kier molecular flexibility index (Phi) is 5.69. The number of non-ortho nitro benzene ring substituents is 1. The fourth-order valence-electron chi connectivity index (χ4n) is 3.22. The van der Waals surface area contributed by atoms with Gasteiger partial charge in [-0.2, -0.15) is 4.31 Å². The summed E-state index contributed by atoms with van der Waals surface area (Å²) in [5.74, 6) is -1.88. The predicted octanol–water partition coefficient (Wildman–Crippen LogP) is 3.51. The van der Waals surface area contributed by atoms with E-state index in [2.05, 4.69) is 4.98 Å². The third kappa shape index (κ3) is 4.27. The molecule has 162 valence electrons. The van der Waals surface area contributed by atoms with Crippen molar-refractivity contribution in [3.8, 4) is 11.3 Å². The second-order valence-electron chi connectivity index (χ2n) is 6.79. The first-order valence-corrected chi connectivity index (χ1v) is 11.5. The minimum Gasteiger partial charge on any atom is -0.345 e. The Bertz CT molecular complexity index is 1240. The second kappa shape index (κ2) is 8.29. The SMILES string of the molecule is O=[N+]([O-])c1cccc(S(=O)(=O)N2CCN(c3nc(-c4ccc(F)c(F)c4)cs3)CC2)c1. The van der Waals surface area contributed by atoms with Crippen molar-refractivity contribution in [2.24, 2.45) is 0 Å². The van der Waals surface area contributed by atoms with Gasteiger partial charge < -0.3 is 4.90 Å². The molecule has 0 atom stereocenters. The molecule has 1 aliphatic rings. The van der Waals surface area contributed by atoms with Crippen LogP contribution in [0.4, 0.5) is 19.6 Å². The van der Waals surface area contributed by atoms with Crippen LogP contribution in [0.3, 0.4) is 0 Å². The number of rotatable bonds is 5. The third-order valence-corrected chi connectivity index (χ3v) is 7.68. The van der Waals surface area contributed by atoms with Crippen LogP contribution < -0.4 is 4.90 Å². The number of nitro benzene ring substituents is 1. The maximum atomic E-state index is 13.5. The first kappa shape index (κ1) is 21.3. The van der Waals surface area contributed by atoms with Gasteiger partial charge in [0.2, 0.25) is 10.0 Å². The van der Waals surface area contributed by atoms with Crippen molar-refractivity contribution in [2.75, 3.05) is 31.1 Å². The van der Waals surface area contributed by atoms with Crippen LogP contribution in [0.25, 0.3) is 11.3 Å². The van der Waals surface area contributed by atoms with E-state index in [-0.39, 0.29) is 23.7 Å². The molecule has 3 aromatic rings. The van der Waals surface area contributed by atoms with Crippen molar-refractivity contribution in [3.05, 3.63) is 69.6 Å². The van der Waals surface area contributed by atoms with Crippen LogP contribution in [-0.2, 0) is 10.0 Å². The van der Waals surface area contributed by atoms with Crippen LogP contribution >= 0.6 is 11.3 Å². The van der Waals surface area contributed by atoms with E-state index in [1.165, 1.54) is 39.9 Å². The fraction of sp³-hybridized carbons (Fsp3) is 0.211. The Hall–Kier alpha value is -2.96. The van der Waals surface area contributed by atoms with Crippen molar-refractivity contribution in [2.45, 2.75) is 4.90 Å². The predicted molar refractivity (Wildman–Crippen MR) is 112 cm³/mol. The average molecular weight is 466 g/mol. The zero-order chi connectivity index (χ0) is 22.2. The quantitative estimate of drug-likeness (QED) is 0.422. The molecule has 8 nitrogen and oxygen atoms in total. The molecule has 1 saturated heterocycles. The number of benzene rings is 2. The van der Waals surface area contributed by atoms with Gasteiger partial charge in [0.25, 0.3) is 5.69 Å². The zero-order valence-electron chi connectivity index (χ0n) is 15.9. The molecule has 1 aliphatic heterocycles. The maximum Gasteiger partial charge on any atom is 0.270 e. The van der Waals surface area contributed by atoms with Crippen LogP contribution in [0.1, 0.15) is 0 Å². The number of hydrogen-bond acceptors (Lipinski definition) is 7. The molecule has 12 heteroatoms. The van der Waals surface area contributed by atoms with Gasteiger partial charge in [0.15, 0.2) is 16.8 Å². The lowest BCUT2D eigenvalue weighted by atomic mass is 10.2. The number of nitro groups is 1. The van der Waals surface area contributed by atoms with Crippen molar-refractivity contribution < 1.29 is 22.1 Å². The molecule has 4 rings (SSSR count). The van der Waals surface area contributed by atoms with Crippen molar-refractivity contribution in [1.82, 2.24) is 9.29 Å². The van der Waals surface area contributed by atoms with Gasteiger partial charge in [0.1, 0.15) is 0 Å². The summed E-state index contributed by atoms with van der Waals surface area (Å²) in [5.41, 5.74) is 0.672. The number of thiazole rings is 1. The van der Waals surface area contributed by atoms with Crippen LogP contribution in [0.2, 0.25) is 0 Å². The van der Waals surface area contributed by atoms with E-state index >= 15 is 0 Å². The number of piperazine rings is 1. The molecule has 31 heavy (non-hydrogen) atoms. The lowest BCUT2D eigenvalue weighted by Gasteiger charge is -2.33. The summed E-state index contributed by atoms with van der Waals surface area (Å²) in [7, 11) is -3.86. The number of nitrogens with zero attached hydrogens (tertiary/aromatic N) is 4. The summed E-state index contributed by atoms with van der Waals surface area (Å²) < 4.78 is 53.6. The molecule has 0 amide bonds. The monoisotopic (exact) mass is 466 g/mol. The molecular formula is C19H16F2N4O4S2.